The van der Waals surface area contributed by atoms with E-state index in [-0.39, 0.29) is 33.8 Å². The Morgan fingerprint density at radius 3 is 1.35 bits per heavy atom. The van der Waals surface area contributed by atoms with Gasteiger partial charge in [0.2, 0.25) is 0 Å². The summed E-state index contributed by atoms with van der Waals surface area (Å²) in [6.45, 7) is 29.2. The lowest BCUT2D eigenvalue weighted by molar-refractivity contribution is 0.332. The van der Waals surface area contributed by atoms with Crippen LogP contribution in [-0.2, 0) is 27.1 Å². The zero-order valence-corrected chi connectivity index (χ0v) is 52.1. The molecule has 0 amide bonds. The van der Waals surface area contributed by atoms with E-state index in [4.69, 9.17) is 0 Å². The van der Waals surface area contributed by atoms with E-state index in [1.165, 1.54) is 151 Å². The van der Waals surface area contributed by atoms with Gasteiger partial charge in [-0.3, -0.25) is 0 Å². The molecule has 9 aromatic carbocycles. The minimum atomic E-state index is -2.67. The molecular formula is C77H77BN2SSi. The highest BCUT2D eigenvalue weighted by molar-refractivity contribution is 7.33. The number of aryl methyl sites for hydroxylation is 1. The van der Waals surface area contributed by atoms with Gasteiger partial charge in [0.15, 0.2) is 8.07 Å². The Balaban J connectivity index is 0.978. The first-order valence-electron chi connectivity index (χ1n) is 30.2. The second-order valence-corrected chi connectivity index (χ2v) is 33.2. The second-order valence-electron chi connectivity index (χ2n) is 28.3. The average Bonchev–Trinajstić information content (AvgIpc) is 1.45. The van der Waals surface area contributed by atoms with Crippen molar-refractivity contribution in [1.82, 2.24) is 0 Å². The molecule has 3 heterocycles. The molecule has 10 aromatic rings. The van der Waals surface area contributed by atoms with Gasteiger partial charge >= 0.3 is 0 Å². The van der Waals surface area contributed by atoms with Crippen LogP contribution in [0, 0.1) is 6.92 Å². The van der Waals surface area contributed by atoms with Crippen LogP contribution in [0.5, 0.6) is 0 Å². The second kappa shape index (κ2) is 18.7. The van der Waals surface area contributed by atoms with Crippen molar-refractivity contribution in [2.45, 2.75) is 136 Å². The summed E-state index contributed by atoms with van der Waals surface area (Å²) in [5, 5.41) is 6.91. The van der Waals surface area contributed by atoms with Crippen molar-refractivity contribution in [3.8, 4) is 11.1 Å². The third-order valence-corrected chi connectivity index (χ3v) is 26.1. The fourth-order valence-electron chi connectivity index (χ4n) is 15.2. The predicted octanol–water partition coefficient (Wildman–Crippen LogP) is 16.3. The Morgan fingerprint density at radius 2 is 0.854 bits per heavy atom. The molecule has 2 nitrogen and oxygen atoms in total. The molecule has 2 aliphatic heterocycles. The van der Waals surface area contributed by atoms with Gasteiger partial charge in [0, 0.05) is 43.3 Å². The van der Waals surface area contributed by atoms with Crippen LogP contribution < -0.4 is 46.2 Å². The average molecular weight is 1100 g/mol. The zero-order chi connectivity index (χ0) is 56.9. The summed E-state index contributed by atoms with van der Waals surface area (Å²) < 4.78 is 2.84. The van der Waals surface area contributed by atoms with E-state index in [1.54, 1.807) is 0 Å². The molecule has 0 fully saturated rings. The number of fused-ring (bicyclic) bond motifs is 8. The van der Waals surface area contributed by atoms with Gasteiger partial charge in [-0.2, -0.15) is 0 Å². The van der Waals surface area contributed by atoms with Gasteiger partial charge in [-0.25, -0.2) is 0 Å². The number of benzene rings is 9. The van der Waals surface area contributed by atoms with Crippen LogP contribution in [0.1, 0.15) is 135 Å². The quantitative estimate of drug-likeness (QED) is 0.116. The molecule has 0 radical (unpaired) electrons. The summed E-state index contributed by atoms with van der Waals surface area (Å²) in [7, 11) is -2.67. The first kappa shape index (κ1) is 52.9. The molecule has 0 spiro atoms. The summed E-state index contributed by atoms with van der Waals surface area (Å²) in [4.78, 5) is 5.34. The summed E-state index contributed by atoms with van der Waals surface area (Å²) >= 11 is 2.06. The van der Waals surface area contributed by atoms with Crippen LogP contribution in [0.3, 0.4) is 0 Å². The van der Waals surface area contributed by atoms with Gasteiger partial charge in [-0.15, -0.1) is 11.3 Å². The van der Waals surface area contributed by atoms with Crippen LogP contribution in [0.25, 0.3) is 21.2 Å². The smallest absolute Gasteiger partial charge is 0.264 e. The highest BCUT2D eigenvalue weighted by atomic mass is 32.1. The van der Waals surface area contributed by atoms with Crippen molar-refractivity contribution < 1.29 is 0 Å². The molecular weight excluding hydrogens is 1020 g/mol. The number of rotatable bonds is 7. The maximum Gasteiger partial charge on any atom is 0.264 e. The molecule has 82 heavy (non-hydrogen) atoms. The maximum atomic E-state index is 2.70. The predicted molar refractivity (Wildman–Crippen MR) is 359 cm³/mol. The SMILES string of the molecule is Cc1cc2c3c(c1)N(c1ccc(-c4ccc([Si](c5ccccc5)(c5ccccc5)c5ccccc5)cc4)cc1)c1c(sc4cc5c(cc14)C(C)(C)CCC5(C)C)B3c1cc3c(cc1N2c1ccc(C(C)(C)C)cc1)C(C)(C)CCC3(C)C. The Morgan fingerprint density at radius 1 is 0.439 bits per heavy atom. The third-order valence-electron chi connectivity index (χ3n) is 20.1. The highest BCUT2D eigenvalue weighted by Crippen LogP contribution is 2.54. The first-order chi connectivity index (χ1) is 39.2. The molecule has 5 heteroatoms. The van der Waals surface area contributed by atoms with E-state index in [2.05, 4.69) is 304 Å². The molecule has 0 unspecified atom stereocenters. The summed E-state index contributed by atoms with van der Waals surface area (Å²) in [6, 6.07) is 78.1. The number of hydrogen-bond donors (Lipinski definition) is 0. The topological polar surface area (TPSA) is 6.48 Å². The largest absolute Gasteiger partial charge is 0.311 e. The number of anilines is 6. The van der Waals surface area contributed by atoms with E-state index in [1.807, 2.05) is 0 Å². The monoisotopic (exact) mass is 1100 g/mol. The van der Waals surface area contributed by atoms with Crippen molar-refractivity contribution in [1.29, 1.82) is 0 Å². The molecule has 0 N–H and O–H groups in total. The van der Waals surface area contributed by atoms with E-state index in [9.17, 15) is 0 Å². The van der Waals surface area contributed by atoms with Crippen molar-refractivity contribution >= 4 is 107 Å². The van der Waals surface area contributed by atoms with Gasteiger partial charge in [0.1, 0.15) is 0 Å². The fraction of sp³-hybridized carbons (Fsp3) is 0.273. The number of hydrogen-bond acceptors (Lipinski definition) is 3. The molecule has 2 aliphatic carbocycles. The lowest BCUT2D eigenvalue weighted by atomic mass is 9.35. The zero-order valence-electron chi connectivity index (χ0n) is 50.3. The Labute approximate surface area is 494 Å². The van der Waals surface area contributed by atoms with Crippen molar-refractivity contribution in [3.05, 3.63) is 234 Å². The molecule has 0 saturated carbocycles. The van der Waals surface area contributed by atoms with Crippen LogP contribution in [-0.4, -0.2) is 14.8 Å². The lowest BCUT2D eigenvalue weighted by Crippen LogP contribution is -2.74. The summed E-state index contributed by atoms with van der Waals surface area (Å²) in [6.07, 6.45) is 4.71. The molecule has 1 aromatic heterocycles. The van der Waals surface area contributed by atoms with Crippen LogP contribution in [0.15, 0.2) is 200 Å². The van der Waals surface area contributed by atoms with Gasteiger partial charge < -0.3 is 9.80 Å². The summed E-state index contributed by atoms with van der Waals surface area (Å²) in [5.74, 6) is 0. The molecule has 408 valence electrons. The highest BCUT2D eigenvalue weighted by Gasteiger charge is 2.49. The van der Waals surface area contributed by atoms with E-state index < -0.39 is 8.07 Å². The fourth-order valence-corrected chi connectivity index (χ4v) is 21.3. The summed E-state index contributed by atoms with van der Waals surface area (Å²) in [5.41, 5.74) is 21.9. The molecule has 0 saturated heterocycles. The maximum absolute atomic E-state index is 2.70. The molecule has 0 bridgehead atoms. The number of nitrogens with zero attached hydrogens (tertiary/aromatic N) is 2. The van der Waals surface area contributed by atoms with Crippen LogP contribution in [0.2, 0.25) is 0 Å². The lowest BCUT2D eigenvalue weighted by Gasteiger charge is -2.47. The third kappa shape index (κ3) is 8.14. The van der Waals surface area contributed by atoms with E-state index in [0.29, 0.717) is 0 Å². The van der Waals surface area contributed by atoms with E-state index in [0.717, 1.165) is 0 Å². The molecule has 14 rings (SSSR count). The first-order valence-corrected chi connectivity index (χ1v) is 33.0. The van der Waals surface area contributed by atoms with Gasteiger partial charge in [0.05, 0.1) is 5.69 Å². The number of thiophene rings is 1. The van der Waals surface area contributed by atoms with Gasteiger partial charge in [-0.05, 0) is 190 Å². The molecule has 0 atom stereocenters. The van der Waals surface area contributed by atoms with E-state index >= 15 is 0 Å². The molecule has 4 aliphatic rings. The minimum absolute atomic E-state index is 0.0435. The van der Waals surface area contributed by atoms with Crippen LogP contribution >= 0.6 is 11.3 Å². The Hall–Kier alpha value is -7.18. The van der Waals surface area contributed by atoms with Crippen molar-refractivity contribution in [3.63, 3.8) is 0 Å². The van der Waals surface area contributed by atoms with Crippen molar-refractivity contribution in [2.75, 3.05) is 9.80 Å². The Kier molecular flexibility index (Phi) is 12.0. The standard InChI is InChI=1S/C77H77BN2SSi/c1-50-44-67-70-68(45-50)80(55-34-28-51(29-35-55)52-30-38-59(39-31-52)82(56-22-16-13-17-23-56,57-24-18-14-19-25-57)58-26-20-15-21-27-58)71-60-46-61-64(77(11,12)43-40-74(61,5)6)49-69(60)81-72(71)78(70)65-47-62-63(76(9,10)42-41-75(62,7)8)48-66(65)79(67)54-36-32-53(33-37-54)73(2,3)4/h13-39,44-49H,40-43H2,1-12H3. The van der Waals surface area contributed by atoms with Gasteiger partial charge in [-0.1, -0.05) is 222 Å². The normalized spacial score (nSPS) is 17.1. The van der Waals surface area contributed by atoms with Gasteiger partial charge in [0.25, 0.3) is 6.71 Å². The minimum Gasteiger partial charge on any atom is -0.311 e. The Bertz CT molecular complexity index is 4030. The van der Waals surface area contributed by atoms with Crippen molar-refractivity contribution in [2.24, 2.45) is 0 Å². The van der Waals surface area contributed by atoms with Crippen LogP contribution in [0.4, 0.5) is 34.1 Å².